The molecule has 0 radical (unpaired) electrons. The molecule has 0 amide bonds. The minimum Gasteiger partial charge on any atom is -0.457 e. The van der Waals surface area contributed by atoms with E-state index in [4.69, 9.17) is 23.1 Å². The number of carbonyl (C=O) groups excluding carboxylic acids is 1. The Kier molecular flexibility index (Phi) is 11.7. The molecule has 1 aliphatic heterocycles. The molecular weight excluding hydrogens is 512 g/mol. The van der Waals surface area contributed by atoms with Crippen LogP contribution in [0, 0.1) is 0 Å². The Morgan fingerprint density at radius 3 is 1.76 bits per heavy atom. The van der Waals surface area contributed by atoms with Crippen LogP contribution in [0.3, 0.4) is 0 Å². The summed E-state index contributed by atoms with van der Waals surface area (Å²) in [5.41, 5.74) is -0.963. The van der Waals surface area contributed by atoms with Crippen molar-refractivity contribution in [2.45, 2.75) is 174 Å². The van der Waals surface area contributed by atoms with Gasteiger partial charge in [-0.1, -0.05) is 47.6 Å². The summed E-state index contributed by atoms with van der Waals surface area (Å²) in [6.07, 6.45) is 4.71. The highest BCUT2D eigenvalue weighted by Crippen LogP contribution is 2.43. The molecule has 38 heavy (non-hydrogen) atoms. The number of hydrogen-bond donors (Lipinski definition) is 0. The number of rotatable bonds is 10. The fourth-order valence-electron chi connectivity index (χ4n) is 3.70. The number of hydrogen-bond acceptors (Lipinski definition) is 6. The fourth-order valence-corrected chi connectivity index (χ4v) is 6.42. The van der Waals surface area contributed by atoms with E-state index in [1.807, 2.05) is 26.8 Å². The molecule has 0 aliphatic carbocycles. The van der Waals surface area contributed by atoms with Crippen LogP contribution >= 0.6 is 0 Å². The van der Waals surface area contributed by atoms with Gasteiger partial charge in [0.05, 0.1) is 23.9 Å². The maximum Gasteiger partial charge on any atom is 0.330 e. The summed E-state index contributed by atoms with van der Waals surface area (Å²) in [5.74, 6) is -0.323. The van der Waals surface area contributed by atoms with Crippen LogP contribution in [0.25, 0.3) is 0 Å². The van der Waals surface area contributed by atoms with Gasteiger partial charge in [0.1, 0.15) is 5.60 Å². The van der Waals surface area contributed by atoms with Crippen molar-refractivity contribution in [1.29, 1.82) is 0 Å². The van der Waals surface area contributed by atoms with Gasteiger partial charge in [0, 0.05) is 12.5 Å². The van der Waals surface area contributed by atoms with E-state index in [1.54, 1.807) is 0 Å². The lowest BCUT2D eigenvalue weighted by atomic mass is 10.0. The molecule has 224 valence electrons. The van der Waals surface area contributed by atoms with Crippen LogP contribution in [0.2, 0.25) is 36.3 Å². The van der Waals surface area contributed by atoms with Crippen molar-refractivity contribution in [3.05, 3.63) is 12.2 Å². The topological polar surface area (TPSA) is 63.2 Å². The highest BCUT2D eigenvalue weighted by Gasteiger charge is 2.48. The Bertz CT molecular complexity index is 799. The zero-order valence-electron chi connectivity index (χ0n) is 27.5. The molecule has 1 saturated heterocycles. The van der Waals surface area contributed by atoms with Crippen LogP contribution in [0.15, 0.2) is 12.2 Å². The van der Waals surface area contributed by atoms with E-state index in [9.17, 15) is 4.79 Å². The van der Waals surface area contributed by atoms with Crippen molar-refractivity contribution in [3.63, 3.8) is 0 Å². The van der Waals surface area contributed by atoms with Crippen molar-refractivity contribution in [3.8, 4) is 0 Å². The molecule has 0 aromatic heterocycles. The molecule has 4 atom stereocenters. The summed E-state index contributed by atoms with van der Waals surface area (Å²) in [7, 11) is -4.07. The third-order valence-corrected chi connectivity index (χ3v) is 17.2. The second-order valence-electron chi connectivity index (χ2n) is 15.6. The standard InChI is InChI=1S/C30H60O6Si2/c1-22-23(35-37(13,14)28(5,6)7)21-24(36-38(15,16)29(8,9)10)26(32-22)34-30(11,12)20-18-17-19-25(31)33-27(2,3)4/h17,19,22-24,26H,18,20-21H2,1-16H3/t22-,23+,24+,26-/m0/s1. The Morgan fingerprint density at radius 1 is 0.842 bits per heavy atom. The van der Waals surface area contributed by atoms with Crippen LogP contribution in [0.5, 0.6) is 0 Å². The second-order valence-corrected chi connectivity index (χ2v) is 25.1. The van der Waals surface area contributed by atoms with Gasteiger partial charge >= 0.3 is 5.97 Å². The summed E-state index contributed by atoms with van der Waals surface area (Å²) < 4.78 is 32.3. The first kappa shape index (κ1) is 35.5. The lowest BCUT2D eigenvalue weighted by molar-refractivity contribution is -0.286. The molecular formula is C30H60O6Si2. The maximum absolute atomic E-state index is 12.0. The third-order valence-electron chi connectivity index (χ3n) is 8.15. The van der Waals surface area contributed by atoms with Gasteiger partial charge in [-0.25, -0.2) is 4.79 Å². The number of esters is 1. The molecule has 1 aliphatic rings. The van der Waals surface area contributed by atoms with Gasteiger partial charge in [0.2, 0.25) is 0 Å². The number of allylic oxidation sites excluding steroid dienone is 1. The molecule has 0 saturated carbocycles. The second kappa shape index (κ2) is 12.6. The summed E-state index contributed by atoms with van der Waals surface area (Å²) in [6.45, 7) is 34.5. The zero-order chi connectivity index (χ0) is 30.0. The van der Waals surface area contributed by atoms with Gasteiger partial charge in [-0.3, -0.25) is 0 Å². The van der Waals surface area contributed by atoms with E-state index >= 15 is 0 Å². The Hall–Kier alpha value is -0.516. The molecule has 1 fully saturated rings. The lowest BCUT2D eigenvalue weighted by Crippen LogP contribution is -2.58. The van der Waals surface area contributed by atoms with E-state index in [0.29, 0.717) is 6.42 Å². The predicted octanol–water partition coefficient (Wildman–Crippen LogP) is 8.38. The third kappa shape index (κ3) is 11.2. The fraction of sp³-hybridized carbons (Fsp3) is 0.900. The van der Waals surface area contributed by atoms with E-state index in [0.717, 1.165) is 12.8 Å². The van der Waals surface area contributed by atoms with E-state index in [-0.39, 0.29) is 34.4 Å². The Labute approximate surface area is 236 Å². The van der Waals surface area contributed by atoms with Gasteiger partial charge in [-0.2, -0.15) is 0 Å². The van der Waals surface area contributed by atoms with Crippen LogP contribution in [-0.4, -0.2) is 58.4 Å². The van der Waals surface area contributed by atoms with Crippen LogP contribution < -0.4 is 0 Å². The first-order chi connectivity index (χ1) is 16.8. The van der Waals surface area contributed by atoms with Crippen LogP contribution in [0.1, 0.15) is 102 Å². The minimum atomic E-state index is -2.09. The summed E-state index contributed by atoms with van der Waals surface area (Å²) in [5, 5.41) is 0.184. The van der Waals surface area contributed by atoms with E-state index in [1.165, 1.54) is 6.08 Å². The molecule has 0 N–H and O–H groups in total. The van der Waals surface area contributed by atoms with Crippen molar-refractivity contribution < 1.29 is 27.9 Å². The highest BCUT2D eigenvalue weighted by molar-refractivity contribution is 6.74. The highest BCUT2D eigenvalue weighted by atomic mass is 28.4. The molecule has 0 aromatic rings. The van der Waals surface area contributed by atoms with E-state index < -0.39 is 34.1 Å². The smallest absolute Gasteiger partial charge is 0.330 e. The van der Waals surface area contributed by atoms with Crippen molar-refractivity contribution in [2.24, 2.45) is 0 Å². The quantitative estimate of drug-likeness (QED) is 0.149. The van der Waals surface area contributed by atoms with Gasteiger partial charge in [0.15, 0.2) is 22.9 Å². The minimum absolute atomic E-state index is 0.0367. The zero-order valence-corrected chi connectivity index (χ0v) is 29.5. The van der Waals surface area contributed by atoms with E-state index in [2.05, 4.69) is 88.5 Å². The van der Waals surface area contributed by atoms with Gasteiger partial charge in [-0.05, 0) is 90.6 Å². The summed E-state index contributed by atoms with van der Waals surface area (Å²) in [4.78, 5) is 12.0. The average molecular weight is 573 g/mol. The molecule has 0 bridgehead atoms. The molecule has 0 spiro atoms. The molecule has 1 heterocycles. The SMILES string of the molecule is C[C@@H]1O[C@@H](OC(C)(C)CCC=CC(=O)OC(C)(C)C)[C@H](O[Si](C)(C)C(C)(C)C)C[C@H]1O[Si](C)(C)C(C)(C)C. The molecule has 0 unspecified atom stereocenters. The first-order valence-corrected chi connectivity index (χ1v) is 20.2. The largest absolute Gasteiger partial charge is 0.457 e. The first-order valence-electron chi connectivity index (χ1n) is 14.3. The molecule has 0 aromatic carbocycles. The molecule has 1 rings (SSSR count). The van der Waals surface area contributed by atoms with Gasteiger partial charge in [-0.15, -0.1) is 0 Å². The number of carbonyl (C=O) groups is 1. The summed E-state index contributed by atoms with van der Waals surface area (Å²) >= 11 is 0. The van der Waals surface area contributed by atoms with Crippen LogP contribution in [0.4, 0.5) is 0 Å². The van der Waals surface area contributed by atoms with Crippen molar-refractivity contribution >= 4 is 22.6 Å². The summed E-state index contributed by atoms with van der Waals surface area (Å²) in [6, 6.07) is 0. The van der Waals surface area contributed by atoms with Crippen molar-refractivity contribution in [2.75, 3.05) is 0 Å². The van der Waals surface area contributed by atoms with Gasteiger partial charge < -0.3 is 23.1 Å². The molecule has 6 nitrogen and oxygen atoms in total. The number of ether oxygens (including phenoxy) is 3. The Balaban J connectivity index is 3.04. The van der Waals surface area contributed by atoms with Crippen LogP contribution in [-0.2, 0) is 27.9 Å². The normalized spacial score (nSPS) is 24.6. The lowest BCUT2D eigenvalue weighted by Gasteiger charge is -2.49. The predicted molar refractivity (Wildman–Crippen MR) is 162 cm³/mol. The van der Waals surface area contributed by atoms with Gasteiger partial charge in [0.25, 0.3) is 0 Å². The Morgan fingerprint density at radius 2 is 1.32 bits per heavy atom. The maximum atomic E-state index is 12.0. The van der Waals surface area contributed by atoms with Crippen molar-refractivity contribution in [1.82, 2.24) is 0 Å². The average Bonchev–Trinajstić information content (AvgIpc) is 2.65. The monoisotopic (exact) mass is 572 g/mol. The molecule has 8 heteroatoms.